The summed E-state index contributed by atoms with van der Waals surface area (Å²) in [5.41, 5.74) is 1.61. The Balaban J connectivity index is 0.00000205. The second-order valence-corrected chi connectivity index (χ2v) is 6.90. The first-order valence-corrected chi connectivity index (χ1v) is 9.08. The van der Waals surface area contributed by atoms with Crippen molar-refractivity contribution in [3.63, 3.8) is 0 Å². The molecule has 4 heterocycles. The van der Waals surface area contributed by atoms with Crippen LogP contribution in [0.5, 0.6) is 0 Å². The van der Waals surface area contributed by atoms with Gasteiger partial charge in [0.15, 0.2) is 5.65 Å². The Morgan fingerprint density at radius 1 is 1.03 bits per heavy atom. The van der Waals surface area contributed by atoms with Gasteiger partial charge in [0, 0.05) is 30.6 Å². The smallest absolute Gasteiger partial charge is 0.160 e. The minimum absolute atomic E-state index is 0. The van der Waals surface area contributed by atoms with Crippen molar-refractivity contribution in [2.75, 3.05) is 18.0 Å². The van der Waals surface area contributed by atoms with Gasteiger partial charge in [-0.1, -0.05) is 0 Å². The van der Waals surface area contributed by atoms with E-state index in [2.05, 4.69) is 35.0 Å². The SMILES string of the molecule is Cl.Fc1ccc(-c2cnc(C3CCN(c4ncnc5[nH]ncc45)CC3)[nH]2)c(F)c1. The lowest BCUT2D eigenvalue weighted by atomic mass is 9.96. The molecule has 0 atom stereocenters. The number of nitrogens with one attached hydrogen (secondary N) is 2. The lowest BCUT2D eigenvalue weighted by Crippen LogP contribution is -2.33. The number of piperidine rings is 1. The van der Waals surface area contributed by atoms with Crippen molar-refractivity contribution in [3.8, 4) is 11.3 Å². The number of benzene rings is 1. The summed E-state index contributed by atoms with van der Waals surface area (Å²) < 4.78 is 27.1. The molecule has 3 aromatic heterocycles. The third-order valence-electron chi connectivity index (χ3n) is 5.22. The molecule has 0 amide bonds. The number of nitrogens with zero attached hydrogens (tertiary/aromatic N) is 5. The highest BCUT2D eigenvalue weighted by molar-refractivity contribution is 5.86. The molecule has 2 N–H and O–H groups in total. The van der Waals surface area contributed by atoms with E-state index in [0.717, 1.165) is 54.7 Å². The van der Waals surface area contributed by atoms with E-state index >= 15 is 0 Å². The Morgan fingerprint density at radius 2 is 1.86 bits per heavy atom. The van der Waals surface area contributed by atoms with Gasteiger partial charge in [-0.3, -0.25) is 5.10 Å². The van der Waals surface area contributed by atoms with Crippen LogP contribution >= 0.6 is 12.4 Å². The third-order valence-corrected chi connectivity index (χ3v) is 5.22. The van der Waals surface area contributed by atoms with Crippen LogP contribution in [0.1, 0.15) is 24.6 Å². The monoisotopic (exact) mass is 417 g/mol. The lowest BCUT2D eigenvalue weighted by Gasteiger charge is -2.32. The highest BCUT2D eigenvalue weighted by atomic mass is 35.5. The maximum atomic E-state index is 14.0. The Hall–Kier alpha value is -3.07. The average molecular weight is 418 g/mol. The first kappa shape index (κ1) is 19.3. The maximum absolute atomic E-state index is 14.0. The molecule has 4 aromatic rings. The Kier molecular flexibility index (Phi) is 5.14. The van der Waals surface area contributed by atoms with Crippen molar-refractivity contribution in [1.29, 1.82) is 0 Å². The normalized spacial score (nSPS) is 14.9. The van der Waals surface area contributed by atoms with E-state index in [0.29, 0.717) is 11.3 Å². The molecule has 1 saturated heterocycles. The summed E-state index contributed by atoms with van der Waals surface area (Å²) in [5.74, 6) is 0.762. The molecular weight excluding hydrogens is 400 g/mol. The van der Waals surface area contributed by atoms with Gasteiger partial charge in [-0.05, 0) is 25.0 Å². The Labute approximate surface area is 171 Å². The van der Waals surface area contributed by atoms with Crippen molar-refractivity contribution in [2.45, 2.75) is 18.8 Å². The van der Waals surface area contributed by atoms with Gasteiger partial charge in [0.2, 0.25) is 0 Å². The maximum Gasteiger partial charge on any atom is 0.160 e. The summed E-state index contributed by atoms with van der Waals surface area (Å²) in [6.45, 7) is 1.64. The van der Waals surface area contributed by atoms with E-state index in [1.54, 1.807) is 12.4 Å². The standard InChI is InChI=1S/C19H17F2N7.ClH/c20-12-1-2-13(15(21)7-12)16-9-22-17(26-16)11-3-5-28(6-4-11)19-14-8-25-27-18(14)23-10-24-19;/h1-2,7-11H,3-6H2,(H,22,26)(H,23,24,25,27);1H. The van der Waals surface area contributed by atoms with E-state index in [9.17, 15) is 8.78 Å². The van der Waals surface area contributed by atoms with Crippen molar-refractivity contribution in [2.24, 2.45) is 0 Å². The number of fused-ring (bicyclic) bond motifs is 1. The Morgan fingerprint density at radius 3 is 2.66 bits per heavy atom. The summed E-state index contributed by atoms with van der Waals surface area (Å²) in [6, 6.07) is 3.55. The quantitative estimate of drug-likeness (QED) is 0.529. The summed E-state index contributed by atoms with van der Waals surface area (Å²) in [4.78, 5) is 18.5. The zero-order valence-electron chi connectivity index (χ0n) is 15.3. The number of rotatable bonds is 3. The first-order chi connectivity index (χ1) is 13.7. The van der Waals surface area contributed by atoms with Gasteiger partial charge in [0.1, 0.15) is 29.6 Å². The van der Waals surface area contributed by atoms with Crippen molar-refractivity contribution < 1.29 is 8.78 Å². The molecule has 1 aromatic carbocycles. The third kappa shape index (κ3) is 3.53. The molecule has 150 valence electrons. The topological polar surface area (TPSA) is 86.4 Å². The van der Waals surface area contributed by atoms with Gasteiger partial charge < -0.3 is 9.88 Å². The molecule has 0 unspecified atom stereocenters. The largest absolute Gasteiger partial charge is 0.356 e. The predicted octanol–water partition coefficient (Wildman–Crippen LogP) is 3.83. The van der Waals surface area contributed by atoms with Crippen LogP contribution in [0, 0.1) is 11.6 Å². The minimum Gasteiger partial charge on any atom is -0.356 e. The highest BCUT2D eigenvalue weighted by Gasteiger charge is 2.25. The van der Waals surface area contributed by atoms with Crippen LogP contribution in [0.3, 0.4) is 0 Å². The summed E-state index contributed by atoms with van der Waals surface area (Å²) in [7, 11) is 0. The summed E-state index contributed by atoms with van der Waals surface area (Å²) in [6.07, 6.45) is 6.67. The number of imidazole rings is 1. The molecular formula is C19H18ClF2N7. The number of halogens is 3. The molecule has 0 saturated carbocycles. The fourth-order valence-corrected chi connectivity index (χ4v) is 3.76. The molecule has 7 nitrogen and oxygen atoms in total. The molecule has 0 aliphatic carbocycles. The second-order valence-electron chi connectivity index (χ2n) is 6.90. The number of aromatic nitrogens is 6. The summed E-state index contributed by atoms with van der Waals surface area (Å²) >= 11 is 0. The van der Waals surface area contributed by atoms with Gasteiger partial charge in [0.25, 0.3) is 0 Å². The second kappa shape index (κ2) is 7.75. The summed E-state index contributed by atoms with van der Waals surface area (Å²) in [5, 5.41) is 7.81. The minimum atomic E-state index is -0.599. The molecule has 10 heteroatoms. The van der Waals surface area contributed by atoms with Crippen molar-refractivity contribution >= 4 is 29.3 Å². The van der Waals surface area contributed by atoms with E-state index < -0.39 is 11.6 Å². The van der Waals surface area contributed by atoms with Gasteiger partial charge in [0.05, 0.1) is 23.5 Å². The average Bonchev–Trinajstić information content (AvgIpc) is 3.37. The zero-order chi connectivity index (χ0) is 19.1. The van der Waals surface area contributed by atoms with E-state index in [-0.39, 0.29) is 18.3 Å². The lowest BCUT2D eigenvalue weighted by molar-refractivity contribution is 0.487. The molecule has 1 fully saturated rings. The van der Waals surface area contributed by atoms with Crippen LogP contribution in [0.2, 0.25) is 0 Å². The zero-order valence-corrected chi connectivity index (χ0v) is 16.1. The first-order valence-electron chi connectivity index (χ1n) is 9.08. The van der Waals surface area contributed by atoms with Gasteiger partial charge >= 0.3 is 0 Å². The number of anilines is 1. The van der Waals surface area contributed by atoms with Crippen LogP contribution in [0.15, 0.2) is 36.9 Å². The van der Waals surface area contributed by atoms with Crippen LogP contribution in [0.25, 0.3) is 22.3 Å². The number of hydrogen-bond acceptors (Lipinski definition) is 5. The van der Waals surface area contributed by atoms with Crippen LogP contribution in [-0.4, -0.2) is 43.2 Å². The fourth-order valence-electron chi connectivity index (χ4n) is 3.76. The number of aromatic amines is 2. The van der Waals surface area contributed by atoms with E-state index in [1.807, 2.05) is 0 Å². The molecule has 0 radical (unpaired) electrons. The molecule has 29 heavy (non-hydrogen) atoms. The van der Waals surface area contributed by atoms with Crippen molar-refractivity contribution in [1.82, 2.24) is 30.1 Å². The van der Waals surface area contributed by atoms with E-state index in [4.69, 9.17) is 0 Å². The molecule has 5 rings (SSSR count). The predicted molar refractivity (Wildman–Crippen MR) is 107 cm³/mol. The number of H-pyrrole nitrogens is 2. The molecule has 0 spiro atoms. The van der Waals surface area contributed by atoms with Crippen molar-refractivity contribution in [3.05, 3.63) is 54.4 Å². The van der Waals surface area contributed by atoms with Crippen LogP contribution < -0.4 is 4.90 Å². The van der Waals surface area contributed by atoms with E-state index in [1.165, 1.54) is 18.5 Å². The van der Waals surface area contributed by atoms with Gasteiger partial charge in [-0.15, -0.1) is 12.4 Å². The van der Waals surface area contributed by atoms with Crippen LogP contribution in [-0.2, 0) is 0 Å². The highest BCUT2D eigenvalue weighted by Crippen LogP contribution is 2.32. The molecule has 1 aliphatic heterocycles. The van der Waals surface area contributed by atoms with Crippen LogP contribution in [0.4, 0.5) is 14.6 Å². The van der Waals surface area contributed by atoms with Gasteiger partial charge in [-0.2, -0.15) is 5.10 Å². The van der Waals surface area contributed by atoms with Gasteiger partial charge in [-0.25, -0.2) is 23.7 Å². The fraction of sp³-hybridized carbons (Fsp3) is 0.263. The molecule has 1 aliphatic rings. The Bertz CT molecular complexity index is 1130. The molecule has 0 bridgehead atoms. The number of hydrogen-bond donors (Lipinski definition) is 2.